The lowest BCUT2D eigenvalue weighted by Crippen LogP contribution is -1.96. The summed E-state index contributed by atoms with van der Waals surface area (Å²) in [5.41, 5.74) is 16.5. The Morgan fingerprint density at radius 1 is 0.341 bits per heavy atom. The Morgan fingerprint density at radius 3 is 1.70 bits per heavy atom. The molecule has 0 aliphatic heterocycles. The Morgan fingerprint density at radius 2 is 0.932 bits per heavy atom. The molecule has 0 atom stereocenters. The molecule has 1 aliphatic carbocycles. The van der Waals surface area contributed by atoms with E-state index in [4.69, 9.17) is 0 Å². The van der Waals surface area contributed by atoms with Crippen LogP contribution >= 0.6 is 0 Å². The summed E-state index contributed by atoms with van der Waals surface area (Å²) < 4.78 is 2.44. The van der Waals surface area contributed by atoms with E-state index in [9.17, 15) is 0 Å². The fourth-order valence-electron chi connectivity index (χ4n) is 7.07. The third kappa shape index (κ3) is 4.01. The Bertz CT molecular complexity index is 2280. The van der Waals surface area contributed by atoms with Gasteiger partial charge in [0.1, 0.15) is 0 Å². The first-order valence-electron chi connectivity index (χ1n) is 15.3. The minimum absolute atomic E-state index is 1.02. The highest BCUT2D eigenvalue weighted by Crippen LogP contribution is 2.41. The summed E-state index contributed by atoms with van der Waals surface area (Å²) in [4.78, 5) is 0. The van der Waals surface area contributed by atoms with Gasteiger partial charge in [0.25, 0.3) is 0 Å². The standard InChI is InChI=1S/C43H29N/c1-3-11-29(12-4-1)35-24-36(30-13-5-2-6-14-30)26-37(25-35)44-42-18-10-9-17-39(42)41-28-32(21-22-43(41)44)31-19-20-34-23-33-15-7-8-16-38(33)40(34)27-31/h1-22,24-28H,23H2. The molecule has 0 bridgehead atoms. The minimum atomic E-state index is 1.02. The molecule has 7 aromatic carbocycles. The fraction of sp³-hybridized carbons (Fsp3) is 0.0233. The van der Waals surface area contributed by atoms with Crippen LogP contribution in [0.1, 0.15) is 11.1 Å². The van der Waals surface area contributed by atoms with Crippen molar-refractivity contribution >= 4 is 21.8 Å². The Kier molecular flexibility index (Phi) is 5.64. The number of rotatable bonds is 4. The van der Waals surface area contributed by atoms with Crippen molar-refractivity contribution in [2.75, 3.05) is 0 Å². The van der Waals surface area contributed by atoms with Crippen molar-refractivity contribution in [2.45, 2.75) is 6.42 Å². The summed E-state index contributed by atoms with van der Waals surface area (Å²) in [6.45, 7) is 0. The molecular weight excluding hydrogens is 530 g/mol. The molecule has 0 unspecified atom stereocenters. The van der Waals surface area contributed by atoms with Gasteiger partial charge in [0.15, 0.2) is 0 Å². The predicted molar refractivity (Wildman–Crippen MR) is 185 cm³/mol. The smallest absolute Gasteiger partial charge is 0.0541 e. The monoisotopic (exact) mass is 559 g/mol. The summed E-state index contributed by atoms with van der Waals surface area (Å²) in [6, 6.07) is 60.0. The molecular formula is C43H29N. The van der Waals surface area contributed by atoms with Crippen LogP contribution in [0.2, 0.25) is 0 Å². The second-order valence-electron chi connectivity index (χ2n) is 11.8. The number of para-hydroxylation sites is 1. The summed E-state index contributed by atoms with van der Waals surface area (Å²) in [7, 11) is 0. The van der Waals surface area contributed by atoms with Crippen LogP contribution in [0.3, 0.4) is 0 Å². The molecule has 0 radical (unpaired) electrons. The molecule has 0 amide bonds. The Labute approximate surface area is 257 Å². The first-order chi connectivity index (χ1) is 21.8. The maximum Gasteiger partial charge on any atom is 0.0541 e. The van der Waals surface area contributed by atoms with Gasteiger partial charge in [0.05, 0.1) is 11.0 Å². The van der Waals surface area contributed by atoms with Crippen LogP contribution in [-0.2, 0) is 6.42 Å². The van der Waals surface area contributed by atoms with Crippen molar-refractivity contribution in [1.82, 2.24) is 4.57 Å². The Balaban J connectivity index is 1.25. The summed E-state index contributed by atoms with van der Waals surface area (Å²) in [6.07, 6.45) is 1.02. The SMILES string of the molecule is c1ccc(-c2cc(-c3ccccc3)cc(-n3c4ccccc4c4cc(-c5ccc6c(c5)-c5ccccc5C6)ccc43)c2)cc1. The molecule has 1 aromatic heterocycles. The van der Waals surface area contributed by atoms with Crippen molar-refractivity contribution in [1.29, 1.82) is 0 Å². The molecule has 0 fully saturated rings. The van der Waals surface area contributed by atoms with Crippen molar-refractivity contribution in [3.8, 4) is 50.2 Å². The molecule has 1 heteroatoms. The first kappa shape index (κ1) is 24.9. The van der Waals surface area contributed by atoms with E-state index in [0.717, 1.165) is 6.42 Å². The van der Waals surface area contributed by atoms with Crippen LogP contribution in [0.15, 0.2) is 164 Å². The zero-order valence-electron chi connectivity index (χ0n) is 24.2. The lowest BCUT2D eigenvalue weighted by molar-refractivity contribution is 1.18. The lowest BCUT2D eigenvalue weighted by Gasteiger charge is -2.14. The highest BCUT2D eigenvalue weighted by atomic mass is 15.0. The molecule has 0 N–H and O–H groups in total. The van der Waals surface area contributed by atoms with E-state index >= 15 is 0 Å². The average molecular weight is 560 g/mol. The number of aromatic nitrogens is 1. The van der Waals surface area contributed by atoms with E-state index in [-0.39, 0.29) is 0 Å². The Hall–Kier alpha value is -5.66. The van der Waals surface area contributed by atoms with Crippen LogP contribution in [0.25, 0.3) is 72.0 Å². The van der Waals surface area contributed by atoms with Gasteiger partial charge in [0, 0.05) is 16.5 Å². The number of nitrogens with zero attached hydrogens (tertiary/aromatic N) is 1. The van der Waals surface area contributed by atoms with E-state index in [1.165, 1.54) is 83.1 Å². The quantitative estimate of drug-likeness (QED) is 0.202. The van der Waals surface area contributed by atoms with Crippen LogP contribution < -0.4 is 0 Å². The lowest BCUT2D eigenvalue weighted by atomic mass is 9.97. The van der Waals surface area contributed by atoms with Gasteiger partial charge in [-0.25, -0.2) is 0 Å². The van der Waals surface area contributed by atoms with Crippen molar-refractivity contribution < 1.29 is 0 Å². The highest BCUT2D eigenvalue weighted by molar-refractivity contribution is 6.10. The molecule has 1 nitrogen and oxygen atoms in total. The van der Waals surface area contributed by atoms with Crippen molar-refractivity contribution in [3.63, 3.8) is 0 Å². The van der Waals surface area contributed by atoms with Crippen molar-refractivity contribution in [2.24, 2.45) is 0 Å². The number of hydrogen-bond acceptors (Lipinski definition) is 0. The van der Waals surface area contributed by atoms with Crippen LogP contribution in [0.5, 0.6) is 0 Å². The third-order valence-electron chi connectivity index (χ3n) is 9.19. The zero-order chi connectivity index (χ0) is 29.0. The maximum atomic E-state index is 2.44. The number of fused-ring (bicyclic) bond motifs is 6. The van der Waals surface area contributed by atoms with Crippen molar-refractivity contribution in [3.05, 3.63) is 175 Å². The van der Waals surface area contributed by atoms with Crippen LogP contribution in [0, 0.1) is 0 Å². The molecule has 0 spiro atoms. The largest absolute Gasteiger partial charge is 0.309 e. The highest BCUT2D eigenvalue weighted by Gasteiger charge is 2.19. The van der Waals surface area contributed by atoms with Gasteiger partial charge in [-0.3, -0.25) is 0 Å². The second-order valence-corrected chi connectivity index (χ2v) is 11.8. The topological polar surface area (TPSA) is 4.93 Å². The van der Waals surface area contributed by atoms with E-state index in [0.29, 0.717) is 0 Å². The molecule has 0 saturated heterocycles. The summed E-state index contributed by atoms with van der Waals surface area (Å²) in [5, 5.41) is 2.53. The number of benzene rings is 7. The van der Waals surface area contributed by atoms with Gasteiger partial charge in [-0.2, -0.15) is 0 Å². The molecule has 44 heavy (non-hydrogen) atoms. The first-order valence-corrected chi connectivity index (χ1v) is 15.3. The third-order valence-corrected chi connectivity index (χ3v) is 9.19. The predicted octanol–water partition coefficient (Wildman–Crippen LogP) is 11.4. The molecule has 1 aliphatic rings. The number of hydrogen-bond donors (Lipinski definition) is 0. The van der Waals surface area contributed by atoms with Crippen LogP contribution in [0.4, 0.5) is 0 Å². The van der Waals surface area contributed by atoms with E-state index < -0.39 is 0 Å². The normalized spacial score (nSPS) is 12.0. The second kappa shape index (κ2) is 9.97. The van der Waals surface area contributed by atoms with Gasteiger partial charge in [0.2, 0.25) is 0 Å². The minimum Gasteiger partial charge on any atom is -0.309 e. The van der Waals surface area contributed by atoms with Gasteiger partial charge in [-0.05, 0) is 105 Å². The summed E-state index contributed by atoms with van der Waals surface area (Å²) in [5.74, 6) is 0. The summed E-state index contributed by atoms with van der Waals surface area (Å²) >= 11 is 0. The molecule has 8 aromatic rings. The fourth-order valence-corrected chi connectivity index (χ4v) is 7.07. The molecule has 206 valence electrons. The van der Waals surface area contributed by atoms with Gasteiger partial charge < -0.3 is 4.57 Å². The van der Waals surface area contributed by atoms with Gasteiger partial charge >= 0.3 is 0 Å². The van der Waals surface area contributed by atoms with E-state index in [2.05, 4.69) is 168 Å². The molecule has 0 saturated carbocycles. The van der Waals surface area contributed by atoms with Crippen LogP contribution in [-0.4, -0.2) is 4.57 Å². The van der Waals surface area contributed by atoms with E-state index in [1.54, 1.807) is 0 Å². The molecule has 9 rings (SSSR count). The molecule has 1 heterocycles. The van der Waals surface area contributed by atoms with Gasteiger partial charge in [-0.1, -0.05) is 121 Å². The van der Waals surface area contributed by atoms with Gasteiger partial charge in [-0.15, -0.1) is 0 Å². The maximum absolute atomic E-state index is 2.44. The van der Waals surface area contributed by atoms with E-state index in [1.807, 2.05) is 0 Å². The zero-order valence-corrected chi connectivity index (χ0v) is 24.2. The average Bonchev–Trinajstić information content (AvgIpc) is 3.64.